The molecule has 1 aromatic carbocycles. The van der Waals surface area contributed by atoms with Gasteiger partial charge in [0.15, 0.2) is 0 Å². The zero-order valence-corrected chi connectivity index (χ0v) is 15.7. The summed E-state index contributed by atoms with van der Waals surface area (Å²) in [6.45, 7) is 2.56. The first kappa shape index (κ1) is 18.2. The molecule has 0 bridgehead atoms. The standard InChI is InChI=1S/C17H18ClFN2O3S/c1-4-24-17(23)14-15(22)10-5-12(19)11(18)6-13(10)21-9(7-20(2)3)8-25-16(14)21/h5-6,9H,4,7-8H2,1-3H3. The van der Waals surface area contributed by atoms with Crippen molar-refractivity contribution in [1.82, 2.24) is 9.47 Å². The zero-order chi connectivity index (χ0) is 18.3. The van der Waals surface area contributed by atoms with Gasteiger partial charge in [-0.3, -0.25) is 4.79 Å². The molecule has 0 N–H and O–H groups in total. The number of pyridine rings is 1. The lowest BCUT2D eigenvalue weighted by Gasteiger charge is -2.22. The monoisotopic (exact) mass is 384 g/mol. The highest BCUT2D eigenvalue weighted by molar-refractivity contribution is 7.99. The van der Waals surface area contributed by atoms with Crippen molar-refractivity contribution in [2.24, 2.45) is 0 Å². The summed E-state index contributed by atoms with van der Waals surface area (Å²) < 4.78 is 20.9. The molecule has 25 heavy (non-hydrogen) atoms. The Hall–Kier alpha value is -1.57. The van der Waals surface area contributed by atoms with Crippen LogP contribution < -0.4 is 5.43 Å². The van der Waals surface area contributed by atoms with Gasteiger partial charge < -0.3 is 14.2 Å². The predicted molar refractivity (Wildman–Crippen MR) is 97.4 cm³/mol. The SMILES string of the molecule is CCOC(=O)c1c2n(c3cc(Cl)c(F)cc3c1=O)C(CN(C)C)CS2. The maximum absolute atomic E-state index is 14.0. The van der Waals surface area contributed by atoms with Gasteiger partial charge in [0.25, 0.3) is 0 Å². The Kier molecular flexibility index (Phi) is 5.09. The molecule has 0 spiro atoms. The second kappa shape index (κ2) is 6.97. The van der Waals surface area contributed by atoms with Crippen LogP contribution in [0.3, 0.4) is 0 Å². The van der Waals surface area contributed by atoms with Crippen molar-refractivity contribution in [2.75, 3.05) is 33.0 Å². The number of likely N-dealkylation sites (N-methyl/N-ethyl adjacent to an activating group) is 1. The van der Waals surface area contributed by atoms with Gasteiger partial charge >= 0.3 is 5.97 Å². The summed E-state index contributed by atoms with van der Waals surface area (Å²) >= 11 is 7.38. The highest BCUT2D eigenvalue weighted by Gasteiger charge is 2.32. The van der Waals surface area contributed by atoms with Crippen molar-refractivity contribution in [3.05, 3.63) is 38.8 Å². The van der Waals surface area contributed by atoms with Gasteiger partial charge in [-0.25, -0.2) is 9.18 Å². The van der Waals surface area contributed by atoms with Gasteiger partial charge in [0.2, 0.25) is 5.43 Å². The van der Waals surface area contributed by atoms with Crippen molar-refractivity contribution < 1.29 is 13.9 Å². The third-order valence-corrected chi connectivity index (χ3v) is 5.55. The van der Waals surface area contributed by atoms with Crippen molar-refractivity contribution in [3.63, 3.8) is 0 Å². The Balaban J connectivity index is 2.35. The first-order chi connectivity index (χ1) is 11.8. The summed E-state index contributed by atoms with van der Waals surface area (Å²) in [5.41, 5.74) is -0.00750. The second-order valence-corrected chi connectivity index (χ2v) is 7.53. The maximum Gasteiger partial charge on any atom is 0.344 e. The molecule has 1 atom stereocenters. The van der Waals surface area contributed by atoms with E-state index >= 15 is 0 Å². The fraction of sp³-hybridized carbons (Fsp3) is 0.412. The van der Waals surface area contributed by atoms with Crippen LogP contribution in [0.4, 0.5) is 4.39 Å². The summed E-state index contributed by atoms with van der Waals surface area (Å²) in [6.07, 6.45) is 0. The number of hydrogen-bond acceptors (Lipinski definition) is 5. The van der Waals surface area contributed by atoms with Gasteiger partial charge in [-0.1, -0.05) is 11.6 Å². The van der Waals surface area contributed by atoms with E-state index in [1.165, 1.54) is 17.8 Å². The Labute approximate surface area is 153 Å². The van der Waals surface area contributed by atoms with Crippen LogP contribution in [0.5, 0.6) is 0 Å². The van der Waals surface area contributed by atoms with Gasteiger partial charge in [-0.15, -0.1) is 11.8 Å². The average Bonchev–Trinajstić information content (AvgIpc) is 2.92. The largest absolute Gasteiger partial charge is 0.462 e. The van der Waals surface area contributed by atoms with Crippen LogP contribution in [0.2, 0.25) is 5.02 Å². The molecule has 0 saturated heterocycles. The van der Waals surface area contributed by atoms with Crippen LogP contribution in [0, 0.1) is 5.82 Å². The van der Waals surface area contributed by atoms with Gasteiger partial charge in [-0.2, -0.15) is 0 Å². The molecule has 2 aromatic rings. The van der Waals surface area contributed by atoms with E-state index in [2.05, 4.69) is 0 Å². The number of hydrogen-bond donors (Lipinski definition) is 0. The smallest absolute Gasteiger partial charge is 0.344 e. The molecule has 0 saturated carbocycles. The number of ether oxygens (including phenoxy) is 1. The number of nitrogens with zero attached hydrogens (tertiary/aromatic N) is 2. The number of halogens is 2. The number of carbonyl (C=O) groups is 1. The van der Waals surface area contributed by atoms with E-state index in [1.807, 2.05) is 23.6 Å². The van der Waals surface area contributed by atoms with Crippen LogP contribution >= 0.6 is 23.4 Å². The third kappa shape index (κ3) is 3.16. The van der Waals surface area contributed by atoms with E-state index in [4.69, 9.17) is 16.3 Å². The molecule has 0 aliphatic carbocycles. The lowest BCUT2D eigenvalue weighted by atomic mass is 10.1. The van der Waals surface area contributed by atoms with Gasteiger partial charge in [-0.05, 0) is 33.2 Å². The quantitative estimate of drug-likeness (QED) is 0.758. The van der Waals surface area contributed by atoms with E-state index in [0.717, 1.165) is 12.6 Å². The molecule has 134 valence electrons. The Bertz CT molecular complexity index is 913. The maximum atomic E-state index is 14.0. The Morgan fingerprint density at radius 2 is 2.20 bits per heavy atom. The van der Waals surface area contributed by atoms with Gasteiger partial charge in [0, 0.05) is 17.7 Å². The van der Waals surface area contributed by atoms with E-state index in [1.54, 1.807) is 6.92 Å². The predicted octanol–water partition coefficient (Wildman–Crippen LogP) is 3.18. The summed E-state index contributed by atoms with van der Waals surface area (Å²) in [4.78, 5) is 27.2. The molecule has 2 heterocycles. The van der Waals surface area contributed by atoms with E-state index in [-0.39, 0.29) is 28.6 Å². The molecule has 8 heteroatoms. The molecule has 1 aromatic heterocycles. The second-order valence-electron chi connectivity index (χ2n) is 6.11. The highest BCUT2D eigenvalue weighted by atomic mass is 35.5. The summed E-state index contributed by atoms with van der Waals surface area (Å²) in [5.74, 6) is -0.652. The fourth-order valence-corrected chi connectivity index (χ4v) is 4.54. The molecular formula is C17H18ClFN2O3S. The van der Waals surface area contributed by atoms with E-state index in [9.17, 15) is 14.0 Å². The Morgan fingerprint density at radius 3 is 2.84 bits per heavy atom. The highest BCUT2D eigenvalue weighted by Crippen LogP contribution is 2.39. The summed E-state index contributed by atoms with van der Waals surface area (Å²) in [5, 5.41) is 0.649. The molecule has 3 rings (SSSR count). The molecule has 0 amide bonds. The molecule has 5 nitrogen and oxygen atoms in total. The van der Waals surface area contributed by atoms with E-state index in [0.29, 0.717) is 16.3 Å². The van der Waals surface area contributed by atoms with Crippen molar-refractivity contribution >= 4 is 40.2 Å². The zero-order valence-electron chi connectivity index (χ0n) is 14.1. The number of fused-ring (bicyclic) bond motifs is 3. The number of esters is 1. The summed E-state index contributed by atoms with van der Waals surface area (Å²) in [7, 11) is 3.90. The third-order valence-electron chi connectivity index (χ3n) is 4.04. The first-order valence-corrected chi connectivity index (χ1v) is 9.23. The minimum Gasteiger partial charge on any atom is -0.462 e. The van der Waals surface area contributed by atoms with Crippen molar-refractivity contribution in [2.45, 2.75) is 18.0 Å². The Morgan fingerprint density at radius 1 is 1.48 bits per heavy atom. The minimum absolute atomic E-state index is 0.0256. The van der Waals surface area contributed by atoms with Crippen LogP contribution in [-0.4, -0.2) is 48.4 Å². The lowest BCUT2D eigenvalue weighted by Crippen LogP contribution is -2.27. The minimum atomic E-state index is -0.684. The molecular weight excluding hydrogens is 367 g/mol. The van der Waals surface area contributed by atoms with Crippen LogP contribution in [0.25, 0.3) is 10.9 Å². The lowest BCUT2D eigenvalue weighted by molar-refractivity contribution is 0.0519. The number of rotatable bonds is 4. The fourth-order valence-electron chi connectivity index (χ4n) is 3.07. The first-order valence-electron chi connectivity index (χ1n) is 7.87. The van der Waals surface area contributed by atoms with Gasteiger partial charge in [0.1, 0.15) is 11.4 Å². The number of benzene rings is 1. The molecule has 0 fully saturated rings. The molecule has 0 radical (unpaired) electrons. The van der Waals surface area contributed by atoms with Crippen LogP contribution in [-0.2, 0) is 4.74 Å². The summed E-state index contributed by atoms with van der Waals surface area (Å²) in [6, 6.07) is 2.60. The number of thioether (sulfide) groups is 1. The normalized spacial score (nSPS) is 16.5. The molecule has 1 aliphatic rings. The van der Waals surface area contributed by atoms with Crippen molar-refractivity contribution in [3.8, 4) is 0 Å². The molecule has 1 unspecified atom stereocenters. The van der Waals surface area contributed by atoms with Crippen LogP contribution in [0.1, 0.15) is 23.3 Å². The van der Waals surface area contributed by atoms with E-state index < -0.39 is 17.2 Å². The van der Waals surface area contributed by atoms with Gasteiger partial charge in [0.05, 0.1) is 28.2 Å². The van der Waals surface area contributed by atoms with Crippen LogP contribution in [0.15, 0.2) is 22.0 Å². The van der Waals surface area contributed by atoms with Crippen molar-refractivity contribution in [1.29, 1.82) is 0 Å². The molecule has 1 aliphatic heterocycles. The number of aromatic nitrogens is 1. The average molecular weight is 385 g/mol. The topological polar surface area (TPSA) is 51.5 Å². The number of carbonyl (C=O) groups excluding carboxylic acids is 1.